The fourth-order valence-corrected chi connectivity index (χ4v) is 5.20. The summed E-state index contributed by atoms with van der Waals surface area (Å²) in [5.74, 6) is -0.232. The van der Waals surface area contributed by atoms with Gasteiger partial charge in [0.1, 0.15) is 5.82 Å². The average molecular weight is 311 g/mol. The minimum atomic E-state index is -3.25. The van der Waals surface area contributed by atoms with Gasteiger partial charge in [0.2, 0.25) is 0 Å². The highest BCUT2D eigenvalue weighted by Crippen LogP contribution is 2.38. The second-order valence-electron chi connectivity index (χ2n) is 6.74. The normalized spacial score (nSPS) is 26.5. The number of sulfone groups is 1. The van der Waals surface area contributed by atoms with Crippen LogP contribution in [0.5, 0.6) is 0 Å². The zero-order valence-electron chi connectivity index (χ0n) is 12.4. The third-order valence-electron chi connectivity index (χ3n) is 4.94. The Labute approximate surface area is 125 Å². The molecule has 116 valence electrons. The molecule has 1 fully saturated rings. The maximum atomic E-state index is 13.5. The van der Waals surface area contributed by atoms with E-state index in [0.717, 1.165) is 6.54 Å². The quantitative estimate of drug-likeness (QED) is 0.872. The molecule has 1 N–H and O–H groups in total. The van der Waals surface area contributed by atoms with Gasteiger partial charge < -0.3 is 5.32 Å². The molecule has 1 atom stereocenters. The summed E-state index contributed by atoms with van der Waals surface area (Å²) in [5, 5.41) is 3.49. The van der Waals surface area contributed by atoms with E-state index in [1.807, 2.05) is 0 Å². The van der Waals surface area contributed by atoms with E-state index in [2.05, 4.69) is 12.2 Å². The molecule has 21 heavy (non-hydrogen) atoms. The molecule has 0 radical (unpaired) electrons. The largest absolute Gasteiger partial charge is 0.309 e. The van der Waals surface area contributed by atoms with E-state index >= 15 is 0 Å². The molecule has 1 aromatic carbocycles. The van der Waals surface area contributed by atoms with Crippen LogP contribution < -0.4 is 5.32 Å². The van der Waals surface area contributed by atoms with Gasteiger partial charge in [0.25, 0.3) is 0 Å². The summed E-state index contributed by atoms with van der Waals surface area (Å²) in [6.45, 7) is 3.15. The van der Waals surface area contributed by atoms with Crippen LogP contribution in [0.4, 0.5) is 4.39 Å². The predicted octanol–water partition coefficient (Wildman–Crippen LogP) is 3.21. The fraction of sp³-hybridized carbons (Fsp3) is 0.625. The lowest BCUT2D eigenvalue weighted by atomic mass is 9.88. The molecular weight excluding hydrogens is 289 g/mol. The lowest BCUT2D eigenvalue weighted by Gasteiger charge is -2.31. The molecule has 1 aromatic rings. The molecule has 0 bridgehead atoms. The zero-order chi connectivity index (χ0) is 15.1. The van der Waals surface area contributed by atoms with Gasteiger partial charge >= 0.3 is 0 Å². The molecule has 1 aliphatic carbocycles. The van der Waals surface area contributed by atoms with Crippen molar-refractivity contribution >= 4 is 9.84 Å². The van der Waals surface area contributed by atoms with Crippen LogP contribution in [0.2, 0.25) is 0 Å². The first-order valence-electron chi connectivity index (χ1n) is 7.65. The topological polar surface area (TPSA) is 46.2 Å². The summed E-state index contributed by atoms with van der Waals surface area (Å²) >= 11 is 0. The number of halogens is 1. The highest BCUT2D eigenvalue weighted by atomic mass is 32.2. The monoisotopic (exact) mass is 311 g/mol. The maximum Gasteiger partial charge on any atom is 0.178 e. The molecule has 1 heterocycles. The molecule has 2 aliphatic rings. The minimum Gasteiger partial charge on any atom is -0.309 e. The molecule has 3 rings (SSSR count). The lowest BCUT2D eigenvalue weighted by molar-refractivity contribution is 0.293. The van der Waals surface area contributed by atoms with Crippen LogP contribution in [-0.4, -0.2) is 20.7 Å². The summed E-state index contributed by atoms with van der Waals surface area (Å²) in [4.78, 5) is 0.296. The van der Waals surface area contributed by atoms with Crippen molar-refractivity contribution in [3.63, 3.8) is 0 Å². The van der Waals surface area contributed by atoms with E-state index in [1.165, 1.54) is 43.9 Å². The zero-order valence-corrected chi connectivity index (χ0v) is 13.2. The van der Waals surface area contributed by atoms with Gasteiger partial charge in [0.05, 0.1) is 10.6 Å². The van der Waals surface area contributed by atoms with Crippen molar-refractivity contribution in [3.05, 3.63) is 29.6 Å². The first-order valence-corrected chi connectivity index (χ1v) is 9.31. The van der Waals surface area contributed by atoms with Crippen LogP contribution in [0.3, 0.4) is 0 Å². The first kappa shape index (κ1) is 15.0. The smallest absolute Gasteiger partial charge is 0.178 e. The SMILES string of the molecule is CC1(CNC2CCS(=O)(=O)c3ccc(F)cc32)CCCC1. The van der Waals surface area contributed by atoms with Gasteiger partial charge in [0, 0.05) is 12.6 Å². The Hall–Kier alpha value is -0.940. The Morgan fingerprint density at radius 3 is 2.76 bits per heavy atom. The summed E-state index contributed by atoms with van der Waals surface area (Å²) < 4.78 is 37.7. The Morgan fingerprint density at radius 1 is 1.33 bits per heavy atom. The van der Waals surface area contributed by atoms with E-state index in [9.17, 15) is 12.8 Å². The van der Waals surface area contributed by atoms with Crippen molar-refractivity contribution in [2.45, 2.75) is 50.0 Å². The maximum absolute atomic E-state index is 13.5. The van der Waals surface area contributed by atoms with Crippen molar-refractivity contribution in [2.75, 3.05) is 12.3 Å². The standard InChI is InChI=1S/C16H22FNO2S/c1-16(7-2-3-8-16)11-18-14-6-9-21(19,20)15-5-4-12(17)10-13(14)15/h4-5,10,14,18H,2-3,6-9,11H2,1H3. The molecule has 1 saturated carbocycles. The number of benzene rings is 1. The second kappa shape index (κ2) is 5.36. The van der Waals surface area contributed by atoms with Gasteiger partial charge in [-0.15, -0.1) is 0 Å². The molecule has 5 heteroatoms. The molecule has 3 nitrogen and oxygen atoms in total. The van der Waals surface area contributed by atoms with Gasteiger partial charge in [-0.2, -0.15) is 0 Å². The number of hydrogen-bond donors (Lipinski definition) is 1. The van der Waals surface area contributed by atoms with Crippen molar-refractivity contribution in [2.24, 2.45) is 5.41 Å². The van der Waals surface area contributed by atoms with Gasteiger partial charge in [-0.05, 0) is 48.4 Å². The highest BCUT2D eigenvalue weighted by molar-refractivity contribution is 7.91. The summed E-state index contributed by atoms with van der Waals surface area (Å²) in [6, 6.07) is 3.96. The number of nitrogens with one attached hydrogen (secondary N) is 1. The van der Waals surface area contributed by atoms with E-state index in [0.29, 0.717) is 22.3 Å². The molecule has 0 amide bonds. The highest BCUT2D eigenvalue weighted by Gasteiger charge is 2.33. The van der Waals surface area contributed by atoms with E-state index in [4.69, 9.17) is 0 Å². The second-order valence-corrected chi connectivity index (χ2v) is 8.82. The van der Waals surface area contributed by atoms with Gasteiger partial charge in [0.15, 0.2) is 9.84 Å². The molecule has 0 aromatic heterocycles. The number of rotatable bonds is 3. The van der Waals surface area contributed by atoms with E-state index in [-0.39, 0.29) is 17.6 Å². The predicted molar refractivity (Wildman–Crippen MR) is 80.4 cm³/mol. The molecular formula is C16H22FNO2S. The van der Waals surface area contributed by atoms with E-state index < -0.39 is 9.84 Å². The Balaban J connectivity index is 1.83. The van der Waals surface area contributed by atoms with E-state index in [1.54, 1.807) is 0 Å². The minimum absolute atomic E-state index is 0.0587. The fourth-order valence-electron chi connectivity index (χ4n) is 3.60. The first-order chi connectivity index (χ1) is 9.90. The van der Waals surface area contributed by atoms with Gasteiger partial charge in [-0.1, -0.05) is 19.8 Å². The van der Waals surface area contributed by atoms with Crippen LogP contribution >= 0.6 is 0 Å². The molecule has 1 unspecified atom stereocenters. The summed E-state index contributed by atoms with van der Waals surface area (Å²) in [6.07, 6.45) is 5.47. The Kier molecular flexibility index (Phi) is 3.82. The van der Waals surface area contributed by atoms with Crippen molar-refractivity contribution in [3.8, 4) is 0 Å². The van der Waals surface area contributed by atoms with Crippen LogP contribution in [-0.2, 0) is 9.84 Å². The van der Waals surface area contributed by atoms with Crippen LogP contribution in [0, 0.1) is 11.2 Å². The summed E-state index contributed by atoms with van der Waals surface area (Å²) in [7, 11) is -3.25. The third kappa shape index (κ3) is 2.99. The number of fused-ring (bicyclic) bond motifs is 1. The van der Waals surface area contributed by atoms with Crippen LogP contribution in [0.15, 0.2) is 23.1 Å². The summed E-state index contributed by atoms with van der Waals surface area (Å²) in [5.41, 5.74) is 0.895. The van der Waals surface area contributed by atoms with Crippen molar-refractivity contribution < 1.29 is 12.8 Å². The van der Waals surface area contributed by atoms with Gasteiger partial charge in [-0.25, -0.2) is 12.8 Å². The van der Waals surface area contributed by atoms with Crippen LogP contribution in [0.1, 0.15) is 50.6 Å². The molecule has 0 spiro atoms. The average Bonchev–Trinajstić information content (AvgIpc) is 2.85. The van der Waals surface area contributed by atoms with Crippen molar-refractivity contribution in [1.29, 1.82) is 0 Å². The van der Waals surface area contributed by atoms with Crippen LogP contribution in [0.25, 0.3) is 0 Å². The van der Waals surface area contributed by atoms with Crippen molar-refractivity contribution in [1.82, 2.24) is 5.32 Å². The number of hydrogen-bond acceptors (Lipinski definition) is 3. The molecule has 1 aliphatic heterocycles. The Morgan fingerprint density at radius 2 is 2.05 bits per heavy atom. The van der Waals surface area contributed by atoms with Gasteiger partial charge in [-0.3, -0.25) is 0 Å². The third-order valence-corrected chi connectivity index (χ3v) is 6.76. The Bertz CT molecular complexity index is 636. The molecule has 0 saturated heterocycles. The lowest BCUT2D eigenvalue weighted by Crippen LogP contribution is -2.36.